The van der Waals surface area contributed by atoms with Crippen LogP contribution in [-0.4, -0.2) is 37.3 Å². The zero-order valence-electron chi connectivity index (χ0n) is 14.6. The van der Waals surface area contributed by atoms with Crippen LogP contribution < -0.4 is 10.6 Å². The molecule has 0 fully saturated rings. The molecule has 1 aromatic heterocycles. The lowest BCUT2D eigenvalue weighted by Gasteiger charge is -2.17. The van der Waals surface area contributed by atoms with E-state index in [-0.39, 0.29) is 12.0 Å². The Morgan fingerprint density at radius 1 is 1.11 bits per heavy atom. The monoisotopic (exact) mass is 394 g/mol. The molecule has 2 rings (SSSR count). The van der Waals surface area contributed by atoms with E-state index in [1.165, 1.54) is 0 Å². The van der Waals surface area contributed by atoms with E-state index in [0.717, 1.165) is 30.3 Å². The molecule has 0 amide bonds. The quantitative estimate of drug-likeness (QED) is 0.322. The number of carbonyl (C=O) groups is 1. The largest absolute Gasteiger partial charge is 0.492 e. The molecule has 12 heteroatoms. The van der Waals surface area contributed by atoms with E-state index in [4.69, 9.17) is 10.6 Å². The summed E-state index contributed by atoms with van der Waals surface area (Å²) in [7, 11) is 0. The number of rotatable bonds is 9. The number of nitro groups is 2. The van der Waals surface area contributed by atoms with Gasteiger partial charge in [0.15, 0.2) is 0 Å². The maximum atomic E-state index is 12.7. The molecule has 1 unspecified atom stereocenters. The zero-order valence-corrected chi connectivity index (χ0v) is 14.6. The molecule has 0 radical (unpaired) electrons. The molecule has 28 heavy (non-hydrogen) atoms. The number of benzene rings is 1. The summed E-state index contributed by atoms with van der Waals surface area (Å²) in [6.07, 6.45) is 1.07. The Morgan fingerprint density at radius 3 is 2.29 bits per heavy atom. The van der Waals surface area contributed by atoms with Crippen LogP contribution in [-0.2, 0) is 4.79 Å². The first-order valence-corrected chi connectivity index (χ1v) is 8.21. The lowest BCUT2D eigenvalue weighted by molar-refractivity contribution is -0.394. The molecule has 0 saturated heterocycles. The van der Waals surface area contributed by atoms with Gasteiger partial charge in [-0.3, -0.25) is 20.2 Å². The molecule has 0 aliphatic carbocycles. The van der Waals surface area contributed by atoms with E-state index >= 15 is 0 Å². The number of aromatic hydroxyl groups is 2. The SMILES string of the molecule is NCCCCC(C(=O)On1c(O)ccc1O)c1ccc([N+](=O)[O-])cc1[N+](=O)[O-]. The van der Waals surface area contributed by atoms with Crippen molar-refractivity contribution >= 4 is 17.3 Å². The first-order valence-electron chi connectivity index (χ1n) is 8.21. The van der Waals surface area contributed by atoms with Gasteiger partial charge in [0.2, 0.25) is 11.8 Å². The van der Waals surface area contributed by atoms with E-state index in [1.807, 2.05) is 0 Å². The highest BCUT2D eigenvalue weighted by molar-refractivity contribution is 5.80. The van der Waals surface area contributed by atoms with Gasteiger partial charge >= 0.3 is 5.97 Å². The number of hydrogen-bond donors (Lipinski definition) is 3. The summed E-state index contributed by atoms with van der Waals surface area (Å²) < 4.78 is 0.468. The number of hydrogen-bond acceptors (Lipinski definition) is 9. The lowest BCUT2D eigenvalue weighted by Crippen LogP contribution is -2.26. The van der Waals surface area contributed by atoms with Crippen LogP contribution in [0.4, 0.5) is 11.4 Å². The molecule has 0 aliphatic heterocycles. The molecule has 0 saturated carbocycles. The van der Waals surface area contributed by atoms with Gasteiger partial charge in [-0.05, 0) is 25.5 Å². The van der Waals surface area contributed by atoms with Crippen molar-refractivity contribution in [3.8, 4) is 11.8 Å². The maximum Gasteiger partial charge on any atom is 0.340 e. The Bertz CT molecular complexity index is 875. The second-order valence-electron chi connectivity index (χ2n) is 5.85. The van der Waals surface area contributed by atoms with E-state index in [9.17, 15) is 35.2 Å². The van der Waals surface area contributed by atoms with E-state index in [0.29, 0.717) is 24.1 Å². The summed E-state index contributed by atoms with van der Waals surface area (Å²) in [6, 6.07) is 5.11. The molecule has 1 heterocycles. The minimum Gasteiger partial charge on any atom is -0.492 e. The highest BCUT2D eigenvalue weighted by Crippen LogP contribution is 2.34. The fourth-order valence-electron chi connectivity index (χ4n) is 2.64. The van der Waals surface area contributed by atoms with E-state index in [1.54, 1.807) is 0 Å². The van der Waals surface area contributed by atoms with Gasteiger partial charge in [-0.1, -0.05) is 6.42 Å². The number of carbonyl (C=O) groups excluding carboxylic acids is 1. The minimum absolute atomic E-state index is 0.0799. The first-order chi connectivity index (χ1) is 13.3. The third-order valence-corrected chi connectivity index (χ3v) is 4.01. The molecular weight excluding hydrogens is 376 g/mol. The Hall–Kier alpha value is -3.67. The van der Waals surface area contributed by atoms with Crippen molar-refractivity contribution in [3.05, 3.63) is 56.1 Å². The van der Waals surface area contributed by atoms with Crippen LogP contribution in [0.1, 0.15) is 30.7 Å². The average molecular weight is 394 g/mol. The van der Waals surface area contributed by atoms with Crippen LogP contribution in [0.5, 0.6) is 11.8 Å². The molecule has 12 nitrogen and oxygen atoms in total. The van der Waals surface area contributed by atoms with Gasteiger partial charge < -0.3 is 20.8 Å². The van der Waals surface area contributed by atoms with Crippen molar-refractivity contribution in [2.75, 3.05) is 6.54 Å². The standard InChI is InChI=1S/C16H18N4O8/c17-8-2-1-3-12(16(23)28-18-14(21)6-7-15(18)22)11-5-4-10(19(24)25)9-13(11)20(26)27/h4-7,9,12,21-22H,1-3,8,17H2. The van der Waals surface area contributed by atoms with E-state index < -0.39 is 44.9 Å². The lowest BCUT2D eigenvalue weighted by atomic mass is 9.92. The highest BCUT2D eigenvalue weighted by Gasteiger charge is 2.32. The summed E-state index contributed by atoms with van der Waals surface area (Å²) in [4.78, 5) is 38.3. The third-order valence-electron chi connectivity index (χ3n) is 4.01. The highest BCUT2D eigenvalue weighted by atomic mass is 16.7. The molecule has 0 spiro atoms. The molecule has 0 aliphatic rings. The number of nitro benzene ring substituents is 2. The van der Waals surface area contributed by atoms with Gasteiger partial charge in [0.25, 0.3) is 11.4 Å². The van der Waals surface area contributed by atoms with Gasteiger partial charge in [-0.25, -0.2) is 4.79 Å². The van der Waals surface area contributed by atoms with Crippen LogP contribution in [0.15, 0.2) is 30.3 Å². The van der Waals surface area contributed by atoms with Gasteiger partial charge in [0.05, 0.1) is 21.8 Å². The van der Waals surface area contributed by atoms with Crippen molar-refractivity contribution < 1.29 is 29.7 Å². The Balaban J connectivity index is 2.43. The second kappa shape index (κ2) is 8.81. The van der Waals surface area contributed by atoms with Gasteiger partial charge in [0.1, 0.15) is 0 Å². The predicted molar refractivity (Wildman–Crippen MR) is 94.7 cm³/mol. The Kier molecular flexibility index (Phi) is 6.50. The van der Waals surface area contributed by atoms with Crippen molar-refractivity contribution in [1.29, 1.82) is 0 Å². The van der Waals surface area contributed by atoms with Crippen molar-refractivity contribution in [3.63, 3.8) is 0 Å². The molecule has 2 aromatic rings. The first kappa shape index (κ1) is 20.6. The fourth-order valence-corrected chi connectivity index (χ4v) is 2.64. The van der Waals surface area contributed by atoms with Gasteiger partial charge in [-0.15, -0.1) is 4.73 Å². The number of nitrogens with zero attached hydrogens (tertiary/aromatic N) is 3. The normalized spacial score (nSPS) is 11.8. The van der Waals surface area contributed by atoms with Crippen molar-refractivity contribution in [1.82, 2.24) is 4.73 Å². The van der Waals surface area contributed by atoms with Crippen LogP contribution in [0.25, 0.3) is 0 Å². The second-order valence-corrected chi connectivity index (χ2v) is 5.85. The summed E-state index contributed by atoms with van der Waals surface area (Å²) in [6.45, 7) is 0.337. The van der Waals surface area contributed by atoms with Crippen LogP contribution in [0.2, 0.25) is 0 Å². The van der Waals surface area contributed by atoms with E-state index in [2.05, 4.69) is 0 Å². The fraction of sp³-hybridized carbons (Fsp3) is 0.312. The smallest absolute Gasteiger partial charge is 0.340 e. The average Bonchev–Trinajstić information content (AvgIpc) is 2.96. The van der Waals surface area contributed by atoms with Gasteiger partial charge in [0, 0.05) is 23.8 Å². The zero-order chi connectivity index (χ0) is 20.8. The van der Waals surface area contributed by atoms with Crippen LogP contribution in [0.3, 0.4) is 0 Å². The Labute approximate surface area is 158 Å². The third kappa shape index (κ3) is 4.54. The summed E-state index contributed by atoms with van der Waals surface area (Å²) in [5.74, 6) is -3.26. The molecule has 1 aromatic carbocycles. The summed E-state index contributed by atoms with van der Waals surface area (Å²) in [5, 5.41) is 41.5. The number of unbranched alkanes of at least 4 members (excludes halogenated alkanes) is 1. The number of aromatic nitrogens is 1. The molecule has 150 valence electrons. The van der Waals surface area contributed by atoms with Crippen LogP contribution in [0, 0.1) is 20.2 Å². The summed E-state index contributed by atoms with van der Waals surface area (Å²) >= 11 is 0. The Morgan fingerprint density at radius 2 is 1.75 bits per heavy atom. The number of non-ortho nitro benzene ring substituents is 1. The summed E-state index contributed by atoms with van der Waals surface area (Å²) in [5.41, 5.74) is 4.26. The predicted octanol–water partition coefficient (Wildman–Crippen LogP) is 1.58. The maximum absolute atomic E-state index is 12.7. The number of nitrogens with two attached hydrogens (primary N) is 1. The van der Waals surface area contributed by atoms with Crippen molar-refractivity contribution in [2.45, 2.75) is 25.2 Å². The van der Waals surface area contributed by atoms with Crippen molar-refractivity contribution in [2.24, 2.45) is 5.73 Å². The molecular formula is C16H18N4O8. The molecule has 4 N–H and O–H groups in total. The van der Waals surface area contributed by atoms with Gasteiger partial charge in [-0.2, -0.15) is 0 Å². The van der Waals surface area contributed by atoms with Crippen LogP contribution >= 0.6 is 0 Å². The molecule has 1 atom stereocenters. The topological polar surface area (TPSA) is 184 Å². The minimum atomic E-state index is -1.17. The molecule has 0 bridgehead atoms.